The lowest BCUT2D eigenvalue weighted by Crippen LogP contribution is -1.98. The topological polar surface area (TPSA) is 9.86 Å². The minimum absolute atomic E-state index is 1.04. The van der Waals surface area contributed by atoms with Crippen LogP contribution in [0.15, 0.2) is 158 Å². The van der Waals surface area contributed by atoms with E-state index in [0.29, 0.717) is 0 Å². The van der Waals surface area contributed by atoms with Crippen molar-refractivity contribution in [1.82, 2.24) is 9.13 Å². The molecule has 48 heavy (non-hydrogen) atoms. The number of para-hydroxylation sites is 2. The lowest BCUT2D eigenvalue weighted by Gasteiger charge is -2.15. The van der Waals surface area contributed by atoms with Crippen LogP contribution in [-0.4, -0.2) is 9.13 Å². The molecule has 7 aromatic carbocycles. The van der Waals surface area contributed by atoms with Crippen molar-refractivity contribution in [3.05, 3.63) is 158 Å². The first-order valence-electron chi connectivity index (χ1n) is 16.9. The standard InChI is InChI=1S/C46H30N2/c1-2-11-31(12-3-1)47-41-19-8-6-15-34(41)36-23-21-29(27-44(36)47)30-22-24-37-35-16-7-9-20-42(35)48(45(37)28-30)43-26-25-39-33-14-5-4-13-32(33)38-17-10-18-40(43)46(38)39/h1-2,4-11,13-28H,3,12H2. The van der Waals surface area contributed by atoms with Crippen molar-refractivity contribution in [2.24, 2.45) is 0 Å². The second-order valence-corrected chi connectivity index (χ2v) is 13.2. The fourth-order valence-electron chi connectivity index (χ4n) is 8.63. The van der Waals surface area contributed by atoms with Crippen LogP contribution in [0.3, 0.4) is 0 Å². The fraction of sp³-hybridized carbons (Fsp3) is 0.0435. The first kappa shape index (κ1) is 26.0. The summed E-state index contributed by atoms with van der Waals surface area (Å²) in [7, 11) is 0. The van der Waals surface area contributed by atoms with Gasteiger partial charge in [0.05, 0.1) is 27.8 Å². The van der Waals surface area contributed by atoms with Crippen LogP contribution >= 0.6 is 0 Å². The van der Waals surface area contributed by atoms with Gasteiger partial charge in [0.25, 0.3) is 0 Å². The number of aromatic nitrogens is 2. The molecule has 224 valence electrons. The van der Waals surface area contributed by atoms with Crippen molar-refractivity contribution in [3.8, 4) is 39.1 Å². The molecule has 0 fully saturated rings. The van der Waals surface area contributed by atoms with E-state index in [0.717, 1.165) is 12.8 Å². The highest BCUT2D eigenvalue weighted by molar-refractivity contribution is 6.19. The van der Waals surface area contributed by atoms with Crippen LogP contribution < -0.4 is 0 Å². The summed E-state index contributed by atoms with van der Waals surface area (Å²) in [6.07, 6.45) is 8.86. The van der Waals surface area contributed by atoms with Crippen molar-refractivity contribution in [2.75, 3.05) is 0 Å². The third-order valence-corrected chi connectivity index (χ3v) is 10.7. The summed E-state index contributed by atoms with van der Waals surface area (Å²) in [6.45, 7) is 0. The molecule has 2 heterocycles. The van der Waals surface area contributed by atoms with E-state index < -0.39 is 0 Å². The monoisotopic (exact) mass is 610 g/mol. The van der Waals surface area contributed by atoms with Crippen molar-refractivity contribution in [2.45, 2.75) is 12.8 Å². The summed E-state index contributed by atoms with van der Waals surface area (Å²) in [5.74, 6) is 0. The van der Waals surface area contributed by atoms with Gasteiger partial charge < -0.3 is 9.13 Å². The molecule has 0 bridgehead atoms. The van der Waals surface area contributed by atoms with Crippen LogP contribution in [0.5, 0.6) is 0 Å². The second-order valence-electron chi connectivity index (χ2n) is 13.2. The molecule has 2 heteroatoms. The predicted molar refractivity (Wildman–Crippen MR) is 204 cm³/mol. The lowest BCUT2D eigenvalue weighted by molar-refractivity contribution is 0.979. The number of rotatable bonds is 3. The molecule has 2 aliphatic rings. The van der Waals surface area contributed by atoms with Gasteiger partial charge in [0.2, 0.25) is 0 Å². The van der Waals surface area contributed by atoms with E-state index >= 15 is 0 Å². The fourth-order valence-corrected chi connectivity index (χ4v) is 8.63. The van der Waals surface area contributed by atoms with Crippen molar-refractivity contribution in [3.63, 3.8) is 0 Å². The molecular weight excluding hydrogens is 581 g/mol. The number of fused-ring (bicyclic) bond motifs is 9. The molecule has 2 aromatic heterocycles. The van der Waals surface area contributed by atoms with Crippen LogP contribution in [0.4, 0.5) is 0 Å². The first-order valence-corrected chi connectivity index (χ1v) is 16.9. The average Bonchev–Trinajstić information content (AvgIpc) is 3.78. The van der Waals surface area contributed by atoms with E-state index in [1.165, 1.54) is 99.1 Å². The minimum Gasteiger partial charge on any atom is -0.313 e. The molecular formula is C46H30N2. The Morgan fingerprint density at radius 2 is 0.979 bits per heavy atom. The maximum Gasteiger partial charge on any atom is 0.0547 e. The number of hydrogen-bond donors (Lipinski definition) is 0. The van der Waals surface area contributed by atoms with Gasteiger partial charge in [-0.25, -0.2) is 0 Å². The van der Waals surface area contributed by atoms with Gasteiger partial charge in [-0.05, 0) is 88.0 Å². The quantitative estimate of drug-likeness (QED) is 0.188. The molecule has 0 aliphatic heterocycles. The summed E-state index contributed by atoms with van der Waals surface area (Å²) in [6, 6.07) is 52.0. The van der Waals surface area contributed by atoms with Gasteiger partial charge in [-0.1, -0.05) is 121 Å². The second kappa shape index (κ2) is 9.70. The van der Waals surface area contributed by atoms with Gasteiger partial charge in [0.15, 0.2) is 0 Å². The number of allylic oxidation sites excluding steroid dienone is 4. The Morgan fingerprint density at radius 1 is 0.417 bits per heavy atom. The Balaban J connectivity index is 1.17. The maximum atomic E-state index is 2.49. The Kier molecular flexibility index (Phi) is 5.25. The molecule has 0 spiro atoms. The third kappa shape index (κ3) is 3.47. The Labute approximate surface area is 278 Å². The van der Waals surface area contributed by atoms with Crippen molar-refractivity contribution >= 4 is 60.1 Å². The van der Waals surface area contributed by atoms with Gasteiger partial charge in [-0.2, -0.15) is 0 Å². The van der Waals surface area contributed by atoms with Crippen LogP contribution in [0.1, 0.15) is 12.8 Å². The van der Waals surface area contributed by atoms with E-state index in [2.05, 4.69) is 167 Å². The summed E-state index contributed by atoms with van der Waals surface area (Å²) in [4.78, 5) is 0. The van der Waals surface area contributed by atoms with E-state index in [1.807, 2.05) is 0 Å². The van der Waals surface area contributed by atoms with Crippen molar-refractivity contribution in [1.29, 1.82) is 0 Å². The molecule has 0 unspecified atom stereocenters. The van der Waals surface area contributed by atoms with Gasteiger partial charge in [-0.3, -0.25) is 0 Å². The smallest absolute Gasteiger partial charge is 0.0547 e. The normalized spacial score (nSPS) is 13.7. The van der Waals surface area contributed by atoms with Gasteiger partial charge in [0, 0.05) is 32.6 Å². The van der Waals surface area contributed by atoms with Crippen LogP contribution in [0.2, 0.25) is 0 Å². The molecule has 2 aliphatic carbocycles. The van der Waals surface area contributed by atoms with Crippen LogP contribution in [0, 0.1) is 0 Å². The third-order valence-electron chi connectivity index (χ3n) is 10.7. The summed E-state index contributed by atoms with van der Waals surface area (Å²) in [5, 5.41) is 7.79. The van der Waals surface area contributed by atoms with Crippen LogP contribution in [0.25, 0.3) is 99.1 Å². The number of nitrogens with zero attached hydrogens (tertiary/aromatic N) is 2. The molecule has 0 saturated heterocycles. The average molecular weight is 611 g/mol. The number of hydrogen-bond acceptors (Lipinski definition) is 0. The molecule has 9 aromatic rings. The lowest BCUT2D eigenvalue weighted by atomic mass is 10.0. The zero-order chi connectivity index (χ0) is 31.3. The molecule has 2 nitrogen and oxygen atoms in total. The van der Waals surface area contributed by atoms with E-state index in [9.17, 15) is 0 Å². The summed E-state index contributed by atoms with van der Waals surface area (Å²) >= 11 is 0. The Morgan fingerprint density at radius 3 is 1.67 bits per heavy atom. The zero-order valence-corrected chi connectivity index (χ0v) is 26.3. The molecule has 0 amide bonds. The highest BCUT2D eigenvalue weighted by Gasteiger charge is 2.24. The van der Waals surface area contributed by atoms with E-state index in [4.69, 9.17) is 0 Å². The van der Waals surface area contributed by atoms with E-state index in [-0.39, 0.29) is 0 Å². The number of benzene rings is 7. The Hall–Kier alpha value is -6.12. The molecule has 0 atom stereocenters. The summed E-state index contributed by atoms with van der Waals surface area (Å²) < 4.78 is 4.98. The van der Waals surface area contributed by atoms with Crippen molar-refractivity contribution < 1.29 is 0 Å². The predicted octanol–water partition coefficient (Wildman–Crippen LogP) is 12.6. The van der Waals surface area contributed by atoms with Gasteiger partial charge in [-0.15, -0.1) is 0 Å². The van der Waals surface area contributed by atoms with Crippen LogP contribution in [-0.2, 0) is 0 Å². The highest BCUT2D eigenvalue weighted by atomic mass is 15.0. The molecule has 0 saturated carbocycles. The maximum absolute atomic E-state index is 2.49. The molecule has 11 rings (SSSR count). The van der Waals surface area contributed by atoms with E-state index in [1.54, 1.807) is 0 Å². The first-order chi connectivity index (χ1) is 23.8. The highest BCUT2D eigenvalue weighted by Crippen LogP contribution is 2.49. The minimum atomic E-state index is 1.04. The largest absolute Gasteiger partial charge is 0.313 e. The Bertz CT molecular complexity index is 2860. The SMILES string of the molecule is C1=CCCC(n2c3ccccc3c3ccc(-c4ccc5c6ccccc6n(-c6ccc7c8c(cccc68)-c6ccccc6-7)c5c4)cc32)=C1. The summed E-state index contributed by atoms with van der Waals surface area (Å²) in [5.41, 5.74) is 15.3. The molecule has 0 N–H and O–H groups in total. The van der Waals surface area contributed by atoms with Gasteiger partial charge in [0.1, 0.15) is 0 Å². The zero-order valence-electron chi connectivity index (χ0n) is 26.3. The van der Waals surface area contributed by atoms with Gasteiger partial charge >= 0.3 is 0 Å². The molecule has 0 radical (unpaired) electrons.